The minimum Gasteiger partial charge on any atom is -0.505 e. The number of ketones is 1. The molecule has 1 amide bonds. The van der Waals surface area contributed by atoms with Gasteiger partial charge in [-0.15, -0.1) is 0 Å². The summed E-state index contributed by atoms with van der Waals surface area (Å²) in [5, 5.41) is 11.5. The highest BCUT2D eigenvalue weighted by molar-refractivity contribution is 6.46. The predicted molar refractivity (Wildman–Crippen MR) is 134 cm³/mol. The number of likely N-dealkylation sites (tertiary alicyclic amines) is 1. The number of carbonyl (C=O) groups is 2. The molecule has 0 spiro atoms. The first kappa shape index (κ1) is 25.2. The van der Waals surface area contributed by atoms with Gasteiger partial charge in [-0.25, -0.2) is 4.98 Å². The van der Waals surface area contributed by atoms with Crippen LogP contribution < -0.4 is 9.47 Å². The standard InChI is InChI=1S/C27H31N3O6/c1-6-35-19-11-10-18(15-20(19)36-7-2)23-21(25(32)27(33)30(23)13-14-34-5)24(31)22-17(4)29-12-8-9-16(3)26(29)28-22/h8-12,15,23,31H,6-7,13-14H2,1-5H3/b24-21+. The summed E-state index contributed by atoms with van der Waals surface area (Å²) < 4.78 is 18.5. The van der Waals surface area contributed by atoms with E-state index in [1.165, 1.54) is 12.0 Å². The van der Waals surface area contributed by atoms with Crippen molar-refractivity contribution in [1.29, 1.82) is 0 Å². The lowest BCUT2D eigenvalue weighted by Gasteiger charge is -2.25. The Bertz CT molecular complexity index is 1340. The van der Waals surface area contributed by atoms with Crippen LogP contribution >= 0.6 is 0 Å². The fourth-order valence-corrected chi connectivity index (χ4v) is 4.56. The average Bonchev–Trinajstić information content (AvgIpc) is 3.33. The number of aliphatic hydroxyl groups excluding tert-OH is 1. The van der Waals surface area contributed by atoms with Crippen molar-refractivity contribution < 1.29 is 28.9 Å². The van der Waals surface area contributed by atoms with Crippen molar-refractivity contribution in [2.75, 3.05) is 33.5 Å². The van der Waals surface area contributed by atoms with Gasteiger partial charge in [-0.3, -0.25) is 9.59 Å². The van der Waals surface area contributed by atoms with Crippen molar-refractivity contribution in [2.24, 2.45) is 0 Å². The Morgan fingerprint density at radius 2 is 1.81 bits per heavy atom. The third-order valence-electron chi connectivity index (χ3n) is 6.27. The largest absolute Gasteiger partial charge is 0.505 e. The van der Waals surface area contributed by atoms with Crippen LogP contribution in [0.15, 0.2) is 42.1 Å². The van der Waals surface area contributed by atoms with Crippen molar-refractivity contribution in [3.63, 3.8) is 0 Å². The van der Waals surface area contributed by atoms with Gasteiger partial charge in [0, 0.05) is 19.9 Å². The lowest BCUT2D eigenvalue weighted by atomic mass is 9.96. The molecule has 1 saturated heterocycles. The summed E-state index contributed by atoms with van der Waals surface area (Å²) in [6, 6.07) is 8.24. The molecule has 1 unspecified atom stereocenters. The van der Waals surface area contributed by atoms with Crippen molar-refractivity contribution in [3.05, 3.63) is 64.6 Å². The first-order valence-corrected chi connectivity index (χ1v) is 11.9. The van der Waals surface area contributed by atoms with Crippen LogP contribution in [-0.4, -0.2) is 64.6 Å². The molecule has 2 aromatic heterocycles. The first-order chi connectivity index (χ1) is 17.3. The SMILES string of the molecule is CCOc1ccc(C2/C(=C(\O)c3nc4c(C)cccn4c3C)C(=O)C(=O)N2CCOC)cc1OCC. The zero-order valence-corrected chi connectivity index (χ0v) is 21.2. The Labute approximate surface area is 209 Å². The molecule has 36 heavy (non-hydrogen) atoms. The number of nitrogens with zero attached hydrogens (tertiary/aromatic N) is 3. The Morgan fingerprint density at radius 1 is 1.08 bits per heavy atom. The normalized spacial score (nSPS) is 17.2. The molecular weight excluding hydrogens is 462 g/mol. The average molecular weight is 494 g/mol. The third-order valence-corrected chi connectivity index (χ3v) is 6.27. The van der Waals surface area contributed by atoms with Gasteiger partial charge in [-0.05, 0) is 57.0 Å². The third kappa shape index (κ3) is 4.30. The smallest absolute Gasteiger partial charge is 0.295 e. The van der Waals surface area contributed by atoms with E-state index >= 15 is 0 Å². The number of carbonyl (C=O) groups excluding carboxylic acids is 2. The van der Waals surface area contributed by atoms with E-state index in [-0.39, 0.29) is 30.2 Å². The number of methoxy groups -OCH3 is 1. The molecule has 0 radical (unpaired) electrons. The van der Waals surface area contributed by atoms with Crippen molar-refractivity contribution in [2.45, 2.75) is 33.7 Å². The maximum atomic E-state index is 13.3. The summed E-state index contributed by atoms with van der Waals surface area (Å²) in [5.41, 5.74) is 3.10. The maximum Gasteiger partial charge on any atom is 0.295 e. The first-order valence-electron chi connectivity index (χ1n) is 11.9. The van der Waals surface area contributed by atoms with E-state index in [1.807, 2.05) is 50.4 Å². The molecule has 4 rings (SSSR count). The van der Waals surface area contributed by atoms with Crippen LogP contribution in [0.3, 0.4) is 0 Å². The number of Topliss-reactive ketones (excluding diaryl/α,β-unsaturated/α-hetero) is 1. The van der Waals surface area contributed by atoms with Gasteiger partial charge in [0.15, 0.2) is 17.3 Å². The van der Waals surface area contributed by atoms with E-state index in [1.54, 1.807) is 18.2 Å². The van der Waals surface area contributed by atoms with E-state index in [2.05, 4.69) is 4.98 Å². The Kier molecular flexibility index (Phi) is 7.30. The second-order valence-electron chi connectivity index (χ2n) is 8.49. The van der Waals surface area contributed by atoms with Gasteiger partial charge >= 0.3 is 0 Å². The maximum absolute atomic E-state index is 13.3. The molecule has 1 aromatic carbocycles. The number of hydrogen-bond donors (Lipinski definition) is 1. The van der Waals surface area contributed by atoms with Crippen molar-refractivity contribution in [1.82, 2.24) is 14.3 Å². The quantitative estimate of drug-likeness (QED) is 0.275. The van der Waals surface area contributed by atoms with Crippen molar-refractivity contribution >= 4 is 23.1 Å². The molecule has 1 N–H and O–H groups in total. The lowest BCUT2D eigenvalue weighted by Crippen LogP contribution is -2.32. The number of aryl methyl sites for hydroxylation is 2. The van der Waals surface area contributed by atoms with Crippen LogP contribution in [0.4, 0.5) is 0 Å². The zero-order chi connectivity index (χ0) is 26.0. The van der Waals surface area contributed by atoms with Gasteiger partial charge in [-0.2, -0.15) is 0 Å². The summed E-state index contributed by atoms with van der Waals surface area (Å²) >= 11 is 0. The number of fused-ring (bicyclic) bond motifs is 1. The Morgan fingerprint density at radius 3 is 2.47 bits per heavy atom. The number of aromatic nitrogens is 2. The number of pyridine rings is 1. The zero-order valence-electron chi connectivity index (χ0n) is 21.2. The highest BCUT2D eigenvalue weighted by Crippen LogP contribution is 2.42. The molecule has 190 valence electrons. The number of aliphatic hydroxyl groups is 1. The summed E-state index contributed by atoms with van der Waals surface area (Å²) in [7, 11) is 1.53. The van der Waals surface area contributed by atoms with Crippen LogP contribution in [-0.2, 0) is 14.3 Å². The van der Waals surface area contributed by atoms with E-state index < -0.39 is 17.7 Å². The topological polar surface area (TPSA) is 103 Å². The minimum absolute atomic E-state index is 0.0214. The molecule has 1 fully saturated rings. The molecule has 1 atom stereocenters. The minimum atomic E-state index is -0.847. The van der Waals surface area contributed by atoms with Gasteiger partial charge in [0.2, 0.25) is 0 Å². The number of imidazole rings is 1. The summed E-state index contributed by atoms with van der Waals surface area (Å²) in [6.07, 6.45) is 1.84. The second kappa shape index (κ2) is 10.4. The highest BCUT2D eigenvalue weighted by Gasteiger charge is 2.46. The lowest BCUT2D eigenvalue weighted by molar-refractivity contribution is -0.140. The van der Waals surface area contributed by atoms with Gasteiger partial charge in [0.05, 0.1) is 37.1 Å². The van der Waals surface area contributed by atoms with Crippen LogP contribution in [0.25, 0.3) is 11.4 Å². The van der Waals surface area contributed by atoms with E-state index in [9.17, 15) is 14.7 Å². The summed E-state index contributed by atoms with van der Waals surface area (Å²) in [4.78, 5) is 32.5. The molecule has 0 saturated carbocycles. The predicted octanol–water partition coefficient (Wildman–Crippen LogP) is 3.82. The number of benzene rings is 1. The van der Waals surface area contributed by atoms with Gasteiger partial charge in [0.1, 0.15) is 11.3 Å². The van der Waals surface area contributed by atoms with Crippen molar-refractivity contribution in [3.8, 4) is 11.5 Å². The molecule has 3 aromatic rings. The number of amides is 1. The van der Waals surface area contributed by atoms with E-state index in [4.69, 9.17) is 14.2 Å². The fourth-order valence-electron chi connectivity index (χ4n) is 4.56. The van der Waals surface area contributed by atoms with Gasteiger partial charge in [-0.1, -0.05) is 12.1 Å². The second-order valence-corrected chi connectivity index (χ2v) is 8.49. The van der Waals surface area contributed by atoms with Crippen LogP contribution in [0.1, 0.15) is 42.4 Å². The van der Waals surface area contributed by atoms with Gasteiger partial charge in [0.25, 0.3) is 11.7 Å². The Hall–Kier alpha value is -3.85. The number of rotatable bonds is 9. The molecule has 9 heteroatoms. The highest BCUT2D eigenvalue weighted by atomic mass is 16.5. The molecule has 0 aliphatic carbocycles. The number of ether oxygens (including phenoxy) is 3. The summed E-state index contributed by atoms with van der Waals surface area (Å²) in [5.74, 6) is -0.736. The van der Waals surface area contributed by atoms with Crippen LogP contribution in [0.5, 0.6) is 11.5 Å². The van der Waals surface area contributed by atoms with Gasteiger partial charge < -0.3 is 28.6 Å². The van der Waals surface area contributed by atoms with E-state index in [0.717, 1.165) is 5.56 Å². The molecule has 1 aliphatic heterocycles. The number of hydrogen-bond acceptors (Lipinski definition) is 7. The fraction of sp³-hybridized carbons (Fsp3) is 0.370. The molecule has 1 aliphatic rings. The van der Waals surface area contributed by atoms with Crippen LogP contribution in [0.2, 0.25) is 0 Å². The van der Waals surface area contributed by atoms with Crippen LogP contribution in [0, 0.1) is 13.8 Å². The monoisotopic (exact) mass is 493 g/mol. The molecule has 3 heterocycles. The summed E-state index contributed by atoms with van der Waals surface area (Å²) in [6.45, 7) is 8.74. The Balaban J connectivity index is 1.92. The molecular formula is C27H31N3O6. The molecule has 0 bridgehead atoms. The van der Waals surface area contributed by atoms with E-state index in [0.29, 0.717) is 41.6 Å². The molecule has 9 nitrogen and oxygen atoms in total.